The summed E-state index contributed by atoms with van der Waals surface area (Å²) in [4.78, 5) is 12.2. The second kappa shape index (κ2) is 23.1. The van der Waals surface area contributed by atoms with E-state index in [1.54, 1.807) is 0 Å². The molecule has 0 aliphatic rings. The Hall–Kier alpha value is -1.06. The largest absolute Gasteiger partial charge is 0.341 e. The Bertz CT molecular complexity index is 523. The van der Waals surface area contributed by atoms with Crippen LogP contribution in [0.2, 0.25) is 0 Å². The zero-order chi connectivity index (χ0) is 22.4. The highest BCUT2D eigenvalue weighted by atomic mass is 35.5. The van der Waals surface area contributed by atoms with Crippen molar-refractivity contribution in [1.82, 2.24) is 10.6 Å². The van der Waals surface area contributed by atoms with Crippen LogP contribution in [0.25, 0.3) is 0 Å². The Kier molecular flexibility index (Phi) is 22.3. The molecular weight excluding hydrogens is 416 g/mol. The molecule has 0 heterocycles. The number of hydrogen-bond acceptors (Lipinski definition) is 2. The molecule has 0 aromatic heterocycles. The number of hydrogen-bond donors (Lipinski definition) is 2. The molecule has 0 saturated carbocycles. The van der Waals surface area contributed by atoms with Gasteiger partial charge in [-0.05, 0) is 18.4 Å². The number of rotatable bonds is 21. The van der Waals surface area contributed by atoms with Crippen LogP contribution >= 0.6 is 12.4 Å². The van der Waals surface area contributed by atoms with Crippen molar-refractivity contribution in [2.24, 2.45) is 0 Å². The third-order valence-corrected chi connectivity index (χ3v) is 6.15. The van der Waals surface area contributed by atoms with E-state index in [1.165, 1.54) is 95.5 Å². The van der Waals surface area contributed by atoms with Crippen molar-refractivity contribution in [1.29, 1.82) is 0 Å². The second-order valence-electron chi connectivity index (χ2n) is 9.09. The fourth-order valence-electron chi connectivity index (χ4n) is 4.06. The third kappa shape index (κ3) is 18.5. The molecule has 0 saturated heterocycles. The smallest absolute Gasteiger partial charge is 0.221 e. The molecule has 1 rings (SSSR count). The molecule has 1 unspecified atom stereocenters. The second-order valence-corrected chi connectivity index (χ2v) is 9.09. The summed E-state index contributed by atoms with van der Waals surface area (Å²) in [6.07, 6.45) is 21.9. The number of halogens is 1. The first-order chi connectivity index (χ1) is 15.3. The van der Waals surface area contributed by atoms with Gasteiger partial charge in [-0.15, -0.1) is 12.4 Å². The number of nitrogens with one attached hydrogen (secondary N) is 2. The predicted molar refractivity (Wildman–Crippen MR) is 142 cm³/mol. The lowest BCUT2D eigenvalue weighted by molar-refractivity contribution is -0.122. The van der Waals surface area contributed by atoms with Gasteiger partial charge in [-0.25, -0.2) is 0 Å². The topological polar surface area (TPSA) is 41.1 Å². The molecule has 0 aliphatic carbocycles. The summed E-state index contributed by atoms with van der Waals surface area (Å²) < 4.78 is 0. The Balaban J connectivity index is 0.00000961. The van der Waals surface area contributed by atoms with Crippen molar-refractivity contribution in [3.63, 3.8) is 0 Å². The monoisotopic (exact) mass is 466 g/mol. The molecule has 32 heavy (non-hydrogen) atoms. The van der Waals surface area contributed by atoms with Crippen molar-refractivity contribution in [2.75, 3.05) is 0 Å². The van der Waals surface area contributed by atoms with Gasteiger partial charge in [0.2, 0.25) is 5.91 Å². The van der Waals surface area contributed by atoms with E-state index >= 15 is 0 Å². The van der Waals surface area contributed by atoms with Crippen molar-refractivity contribution < 1.29 is 4.79 Å². The van der Waals surface area contributed by atoms with E-state index in [4.69, 9.17) is 0 Å². The Morgan fingerprint density at radius 1 is 0.719 bits per heavy atom. The van der Waals surface area contributed by atoms with Crippen molar-refractivity contribution in [2.45, 2.75) is 136 Å². The fraction of sp³-hybridized carbons (Fsp3) is 0.750. The zero-order valence-electron chi connectivity index (χ0n) is 21.0. The van der Waals surface area contributed by atoms with Crippen LogP contribution in [0.3, 0.4) is 0 Å². The highest BCUT2D eigenvalue weighted by Gasteiger charge is 2.09. The maximum Gasteiger partial charge on any atom is 0.221 e. The van der Waals surface area contributed by atoms with Crippen LogP contribution < -0.4 is 10.6 Å². The molecule has 0 aliphatic heterocycles. The fourth-order valence-corrected chi connectivity index (χ4v) is 4.06. The molecule has 1 aromatic carbocycles. The molecular formula is C28H51ClN2O. The van der Waals surface area contributed by atoms with Crippen LogP contribution in [0.4, 0.5) is 0 Å². The van der Waals surface area contributed by atoms with E-state index in [-0.39, 0.29) is 24.5 Å². The van der Waals surface area contributed by atoms with Gasteiger partial charge >= 0.3 is 0 Å². The summed E-state index contributed by atoms with van der Waals surface area (Å²) >= 11 is 0. The summed E-state index contributed by atoms with van der Waals surface area (Å²) in [6.45, 7) is 5.18. The quantitative estimate of drug-likeness (QED) is 0.141. The van der Waals surface area contributed by atoms with Crippen LogP contribution in [0, 0.1) is 0 Å². The minimum atomic E-state index is 0. The zero-order valence-corrected chi connectivity index (χ0v) is 21.8. The minimum Gasteiger partial charge on any atom is -0.341 e. The molecule has 0 bridgehead atoms. The summed E-state index contributed by atoms with van der Waals surface area (Å²) in [5.74, 6) is 0.183. The van der Waals surface area contributed by atoms with Crippen LogP contribution in [0.5, 0.6) is 0 Å². The van der Waals surface area contributed by atoms with Gasteiger partial charge in [0.25, 0.3) is 0 Å². The van der Waals surface area contributed by atoms with Crippen molar-refractivity contribution >= 4 is 18.3 Å². The third-order valence-electron chi connectivity index (χ3n) is 6.15. The van der Waals surface area contributed by atoms with Crippen LogP contribution in [0.1, 0.15) is 129 Å². The molecule has 3 nitrogen and oxygen atoms in total. The number of benzene rings is 1. The Morgan fingerprint density at radius 2 is 1.19 bits per heavy atom. The molecule has 0 spiro atoms. The van der Waals surface area contributed by atoms with E-state index in [0.717, 1.165) is 19.4 Å². The van der Waals surface area contributed by atoms with E-state index in [2.05, 4.69) is 36.6 Å². The summed E-state index contributed by atoms with van der Waals surface area (Å²) in [5, 5.41) is 6.58. The molecule has 1 atom stereocenters. The maximum atomic E-state index is 12.2. The maximum absolute atomic E-state index is 12.2. The summed E-state index contributed by atoms with van der Waals surface area (Å²) in [7, 11) is 0. The lowest BCUT2D eigenvalue weighted by atomic mass is 10.0. The molecule has 0 fully saturated rings. The number of carbonyl (C=O) groups excluding carboxylic acids is 1. The van der Waals surface area contributed by atoms with E-state index in [0.29, 0.717) is 6.42 Å². The average molecular weight is 467 g/mol. The lowest BCUT2D eigenvalue weighted by Gasteiger charge is -2.19. The van der Waals surface area contributed by atoms with Gasteiger partial charge in [-0.3, -0.25) is 10.1 Å². The van der Waals surface area contributed by atoms with Gasteiger partial charge in [0.1, 0.15) is 0 Å². The minimum absolute atomic E-state index is 0. The van der Waals surface area contributed by atoms with Gasteiger partial charge in [-0.1, -0.05) is 134 Å². The number of unbranched alkanes of at least 4 members (excludes halogenated alkanes) is 14. The lowest BCUT2D eigenvalue weighted by Crippen LogP contribution is -2.44. The molecule has 1 amide bonds. The SMILES string of the molecule is CCCCCCCCCCCCCCCCCC(=O)NC(CC)NCc1ccccc1.Cl. The first-order valence-corrected chi connectivity index (χ1v) is 13.3. The van der Waals surface area contributed by atoms with Crippen LogP contribution in [0.15, 0.2) is 30.3 Å². The van der Waals surface area contributed by atoms with Crippen molar-refractivity contribution in [3.05, 3.63) is 35.9 Å². The highest BCUT2D eigenvalue weighted by molar-refractivity contribution is 5.85. The van der Waals surface area contributed by atoms with Crippen LogP contribution in [-0.2, 0) is 11.3 Å². The highest BCUT2D eigenvalue weighted by Crippen LogP contribution is 2.13. The van der Waals surface area contributed by atoms with Gasteiger partial charge < -0.3 is 5.32 Å². The van der Waals surface area contributed by atoms with Gasteiger partial charge in [0, 0.05) is 13.0 Å². The predicted octanol–water partition coefficient (Wildman–Crippen LogP) is 8.31. The first kappa shape index (κ1) is 30.9. The average Bonchev–Trinajstić information content (AvgIpc) is 2.79. The molecule has 1 aromatic rings. The molecule has 4 heteroatoms. The first-order valence-electron chi connectivity index (χ1n) is 13.3. The van der Waals surface area contributed by atoms with Gasteiger partial charge in [0.15, 0.2) is 0 Å². The Labute approximate surface area is 205 Å². The van der Waals surface area contributed by atoms with Crippen LogP contribution in [-0.4, -0.2) is 12.1 Å². The van der Waals surface area contributed by atoms with Crippen molar-refractivity contribution in [3.8, 4) is 0 Å². The standard InChI is InChI=1S/C28H50N2O.ClH/c1-3-5-6-7-8-9-10-11-12-13-14-15-16-17-21-24-28(31)30-27(4-2)29-25-26-22-19-18-20-23-26;/h18-20,22-23,27,29H,3-17,21,24-25H2,1-2H3,(H,30,31);1H. The van der Waals surface area contributed by atoms with Gasteiger partial charge in [0.05, 0.1) is 6.17 Å². The van der Waals surface area contributed by atoms with Gasteiger partial charge in [-0.2, -0.15) is 0 Å². The number of amides is 1. The summed E-state index contributed by atoms with van der Waals surface area (Å²) in [6, 6.07) is 10.3. The van der Waals surface area contributed by atoms with E-state index < -0.39 is 0 Å². The molecule has 0 radical (unpaired) electrons. The normalized spacial score (nSPS) is 11.7. The molecule has 2 N–H and O–H groups in total. The van der Waals surface area contributed by atoms with E-state index in [1.807, 2.05) is 18.2 Å². The molecule has 186 valence electrons. The number of carbonyl (C=O) groups is 1. The van der Waals surface area contributed by atoms with E-state index in [9.17, 15) is 4.79 Å². The Morgan fingerprint density at radius 3 is 1.66 bits per heavy atom. The summed E-state index contributed by atoms with van der Waals surface area (Å²) in [5.41, 5.74) is 1.25.